The molecule has 0 saturated heterocycles. The normalized spacial score (nSPS) is 14.2. The van der Waals surface area contributed by atoms with E-state index in [1.54, 1.807) is 19.2 Å². The maximum absolute atomic E-state index is 11.3. The van der Waals surface area contributed by atoms with E-state index in [9.17, 15) is 9.90 Å². The SMILES string of the molecule is COc1cccc2c([C@@](C)(N)C(=O)O)cccc12. The number of fused-ring (bicyclic) bond motifs is 1. The van der Waals surface area contributed by atoms with Crippen LogP contribution in [0.5, 0.6) is 5.75 Å². The molecule has 0 heterocycles. The Balaban J connectivity index is 2.78. The molecule has 0 radical (unpaired) electrons. The van der Waals surface area contributed by atoms with Crippen LogP contribution in [0.4, 0.5) is 0 Å². The molecule has 18 heavy (non-hydrogen) atoms. The highest BCUT2D eigenvalue weighted by molar-refractivity contribution is 5.95. The predicted molar refractivity (Wildman–Crippen MR) is 69.7 cm³/mol. The molecule has 1 atom stereocenters. The largest absolute Gasteiger partial charge is 0.496 e. The van der Waals surface area contributed by atoms with Gasteiger partial charge in [0.2, 0.25) is 0 Å². The molecule has 0 aliphatic carbocycles. The molecular formula is C14H15NO3. The van der Waals surface area contributed by atoms with Gasteiger partial charge in [0.05, 0.1) is 7.11 Å². The number of aliphatic carboxylic acids is 1. The van der Waals surface area contributed by atoms with E-state index in [0.29, 0.717) is 11.3 Å². The number of nitrogens with two attached hydrogens (primary N) is 1. The fourth-order valence-corrected chi connectivity index (χ4v) is 2.03. The first-order valence-corrected chi connectivity index (χ1v) is 5.57. The maximum atomic E-state index is 11.3. The van der Waals surface area contributed by atoms with Gasteiger partial charge in [-0.2, -0.15) is 0 Å². The zero-order valence-corrected chi connectivity index (χ0v) is 10.3. The highest BCUT2D eigenvalue weighted by Gasteiger charge is 2.31. The number of hydrogen-bond acceptors (Lipinski definition) is 3. The Hall–Kier alpha value is -2.07. The highest BCUT2D eigenvalue weighted by atomic mass is 16.5. The van der Waals surface area contributed by atoms with E-state index >= 15 is 0 Å². The van der Waals surface area contributed by atoms with Crippen LogP contribution in [0.2, 0.25) is 0 Å². The summed E-state index contributed by atoms with van der Waals surface area (Å²) in [6, 6.07) is 10.9. The van der Waals surface area contributed by atoms with Crippen LogP contribution in [0.25, 0.3) is 10.8 Å². The number of carboxylic acids is 1. The molecule has 0 aliphatic rings. The fourth-order valence-electron chi connectivity index (χ4n) is 2.03. The van der Waals surface area contributed by atoms with Crippen molar-refractivity contribution < 1.29 is 14.6 Å². The van der Waals surface area contributed by atoms with E-state index in [1.165, 1.54) is 6.92 Å². The Kier molecular flexibility index (Phi) is 2.97. The van der Waals surface area contributed by atoms with Crippen molar-refractivity contribution in [3.8, 4) is 5.75 Å². The van der Waals surface area contributed by atoms with Crippen LogP contribution in [0, 0.1) is 0 Å². The third-order valence-electron chi connectivity index (χ3n) is 3.11. The lowest BCUT2D eigenvalue weighted by molar-refractivity contribution is -0.142. The monoisotopic (exact) mass is 245 g/mol. The van der Waals surface area contributed by atoms with Crippen molar-refractivity contribution in [2.45, 2.75) is 12.5 Å². The van der Waals surface area contributed by atoms with E-state index in [-0.39, 0.29) is 0 Å². The molecule has 2 aromatic carbocycles. The summed E-state index contributed by atoms with van der Waals surface area (Å²) in [6.45, 7) is 1.49. The molecule has 4 nitrogen and oxygen atoms in total. The first-order chi connectivity index (χ1) is 8.48. The fraction of sp³-hybridized carbons (Fsp3) is 0.214. The van der Waals surface area contributed by atoms with Crippen molar-refractivity contribution in [3.63, 3.8) is 0 Å². The standard InChI is InChI=1S/C14H15NO3/c1-14(15,13(16)17)11-7-3-6-10-9(11)5-4-8-12(10)18-2/h3-8H,15H2,1-2H3,(H,16,17)/t14-/m1/s1. The minimum absolute atomic E-state index is 0.575. The summed E-state index contributed by atoms with van der Waals surface area (Å²) in [6.07, 6.45) is 0. The minimum atomic E-state index is -1.42. The van der Waals surface area contributed by atoms with Gasteiger partial charge in [0.25, 0.3) is 0 Å². The molecule has 0 bridgehead atoms. The van der Waals surface area contributed by atoms with Crippen LogP contribution in [0.15, 0.2) is 36.4 Å². The summed E-state index contributed by atoms with van der Waals surface area (Å²) in [4.78, 5) is 11.3. The van der Waals surface area contributed by atoms with E-state index in [1.807, 2.05) is 24.3 Å². The second kappa shape index (κ2) is 4.31. The molecule has 94 valence electrons. The van der Waals surface area contributed by atoms with Crippen LogP contribution in [0.3, 0.4) is 0 Å². The number of carbonyl (C=O) groups is 1. The van der Waals surface area contributed by atoms with Crippen molar-refractivity contribution in [3.05, 3.63) is 42.0 Å². The third kappa shape index (κ3) is 1.80. The van der Waals surface area contributed by atoms with E-state index < -0.39 is 11.5 Å². The first-order valence-electron chi connectivity index (χ1n) is 5.57. The lowest BCUT2D eigenvalue weighted by atomic mass is 9.88. The summed E-state index contributed by atoms with van der Waals surface area (Å²) < 4.78 is 5.27. The number of rotatable bonds is 3. The summed E-state index contributed by atoms with van der Waals surface area (Å²) in [5.74, 6) is -0.353. The van der Waals surface area contributed by atoms with Gasteiger partial charge in [-0.1, -0.05) is 30.3 Å². The maximum Gasteiger partial charge on any atom is 0.328 e. The van der Waals surface area contributed by atoms with Gasteiger partial charge in [0.15, 0.2) is 0 Å². The van der Waals surface area contributed by atoms with Gasteiger partial charge < -0.3 is 15.6 Å². The molecule has 0 aromatic heterocycles. The molecule has 2 aromatic rings. The molecular weight excluding hydrogens is 230 g/mol. The van der Waals surface area contributed by atoms with Crippen molar-refractivity contribution in [2.24, 2.45) is 5.73 Å². The van der Waals surface area contributed by atoms with Crippen molar-refractivity contribution in [2.75, 3.05) is 7.11 Å². The van der Waals surface area contributed by atoms with Crippen LogP contribution in [-0.4, -0.2) is 18.2 Å². The lowest BCUT2D eigenvalue weighted by Gasteiger charge is -2.22. The Bertz CT molecular complexity index is 605. The molecule has 0 unspecified atom stereocenters. The average molecular weight is 245 g/mol. The van der Waals surface area contributed by atoms with E-state index in [2.05, 4.69) is 0 Å². The van der Waals surface area contributed by atoms with Crippen LogP contribution >= 0.6 is 0 Å². The zero-order valence-electron chi connectivity index (χ0n) is 10.3. The number of ether oxygens (including phenoxy) is 1. The number of benzene rings is 2. The van der Waals surface area contributed by atoms with Crippen molar-refractivity contribution in [1.82, 2.24) is 0 Å². The minimum Gasteiger partial charge on any atom is -0.496 e. The molecule has 0 amide bonds. The molecule has 0 aliphatic heterocycles. The van der Waals surface area contributed by atoms with E-state index in [0.717, 1.165) is 10.8 Å². The van der Waals surface area contributed by atoms with Crippen molar-refractivity contribution >= 4 is 16.7 Å². The summed E-state index contributed by atoms with van der Waals surface area (Å²) in [5.41, 5.74) is 5.05. The Morgan fingerprint density at radius 3 is 2.44 bits per heavy atom. The van der Waals surface area contributed by atoms with Gasteiger partial charge in [0.1, 0.15) is 11.3 Å². The second-order valence-electron chi connectivity index (χ2n) is 4.37. The Morgan fingerprint density at radius 2 is 1.83 bits per heavy atom. The Morgan fingerprint density at radius 1 is 1.22 bits per heavy atom. The van der Waals surface area contributed by atoms with Crippen LogP contribution < -0.4 is 10.5 Å². The quantitative estimate of drug-likeness (QED) is 0.868. The van der Waals surface area contributed by atoms with Gasteiger partial charge in [-0.05, 0) is 23.9 Å². The van der Waals surface area contributed by atoms with Gasteiger partial charge in [-0.3, -0.25) is 0 Å². The van der Waals surface area contributed by atoms with Gasteiger partial charge in [-0.25, -0.2) is 4.79 Å². The zero-order chi connectivity index (χ0) is 13.3. The summed E-state index contributed by atoms with van der Waals surface area (Å²) in [5, 5.41) is 10.9. The number of methoxy groups -OCH3 is 1. The lowest BCUT2D eigenvalue weighted by Crippen LogP contribution is -2.41. The topological polar surface area (TPSA) is 72.5 Å². The van der Waals surface area contributed by atoms with Crippen LogP contribution in [0.1, 0.15) is 12.5 Å². The molecule has 0 saturated carbocycles. The molecule has 2 rings (SSSR count). The van der Waals surface area contributed by atoms with Gasteiger partial charge >= 0.3 is 5.97 Å². The van der Waals surface area contributed by atoms with Crippen LogP contribution in [-0.2, 0) is 10.3 Å². The molecule has 4 heteroatoms. The predicted octanol–water partition coefficient (Wildman–Crippen LogP) is 2.11. The average Bonchev–Trinajstić information content (AvgIpc) is 2.36. The van der Waals surface area contributed by atoms with Gasteiger partial charge in [0, 0.05) is 5.39 Å². The number of carboxylic acid groups (broad SMARTS) is 1. The third-order valence-corrected chi connectivity index (χ3v) is 3.11. The highest BCUT2D eigenvalue weighted by Crippen LogP contribution is 2.32. The smallest absolute Gasteiger partial charge is 0.328 e. The van der Waals surface area contributed by atoms with Crippen molar-refractivity contribution in [1.29, 1.82) is 0 Å². The summed E-state index contributed by atoms with van der Waals surface area (Å²) in [7, 11) is 1.58. The Labute approximate surface area is 105 Å². The second-order valence-corrected chi connectivity index (χ2v) is 4.37. The summed E-state index contributed by atoms with van der Waals surface area (Å²) >= 11 is 0. The number of hydrogen-bond donors (Lipinski definition) is 2. The van der Waals surface area contributed by atoms with E-state index in [4.69, 9.17) is 10.5 Å². The molecule has 3 N–H and O–H groups in total. The molecule has 0 spiro atoms. The molecule has 0 fully saturated rings. The first kappa shape index (κ1) is 12.4. The van der Waals surface area contributed by atoms with Gasteiger partial charge in [-0.15, -0.1) is 0 Å².